The molecule has 1 amide bonds. The molecule has 0 N–H and O–H groups in total. The van der Waals surface area contributed by atoms with E-state index >= 15 is 0 Å². The van der Waals surface area contributed by atoms with E-state index in [1.165, 1.54) is 0 Å². The van der Waals surface area contributed by atoms with Gasteiger partial charge in [-0.25, -0.2) is 4.98 Å². The van der Waals surface area contributed by atoms with E-state index in [0.717, 1.165) is 43.0 Å². The van der Waals surface area contributed by atoms with E-state index in [4.69, 9.17) is 9.47 Å². The Bertz CT molecular complexity index is 725. The van der Waals surface area contributed by atoms with Crippen molar-refractivity contribution in [2.24, 2.45) is 0 Å². The number of hydrogen-bond acceptors (Lipinski definition) is 6. The fraction of sp³-hybridized carbons (Fsp3) is 0.353. The van der Waals surface area contributed by atoms with Crippen molar-refractivity contribution < 1.29 is 14.3 Å². The fourth-order valence-corrected chi connectivity index (χ4v) is 3.07. The lowest BCUT2D eigenvalue weighted by Gasteiger charge is -2.31. The molecule has 2 aromatic rings. The molecule has 0 aromatic carbocycles. The number of fused-ring (bicyclic) bond motifs is 1. The Morgan fingerprint density at radius 2 is 2.29 bits per heavy atom. The van der Waals surface area contributed by atoms with Crippen LogP contribution in [0, 0.1) is 0 Å². The highest BCUT2D eigenvalue weighted by molar-refractivity contribution is 5.70. The van der Waals surface area contributed by atoms with Crippen molar-refractivity contribution in [1.82, 2.24) is 14.9 Å². The van der Waals surface area contributed by atoms with Gasteiger partial charge < -0.3 is 19.3 Å². The van der Waals surface area contributed by atoms with Crippen molar-refractivity contribution >= 4 is 17.8 Å². The van der Waals surface area contributed by atoms with Gasteiger partial charge in [0.15, 0.2) is 5.75 Å². The van der Waals surface area contributed by atoms with Crippen LogP contribution in [0.4, 0.5) is 11.4 Å². The van der Waals surface area contributed by atoms with Gasteiger partial charge in [-0.2, -0.15) is 0 Å². The highest BCUT2D eigenvalue weighted by Crippen LogP contribution is 2.37. The molecule has 2 aliphatic rings. The number of hydrogen-bond donors (Lipinski definition) is 0. The molecule has 1 atom stereocenters. The first-order chi connectivity index (χ1) is 11.8. The van der Waals surface area contributed by atoms with E-state index in [0.29, 0.717) is 19.0 Å². The third kappa shape index (κ3) is 2.84. The smallest absolute Gasteiger partial charge is 0.215 e. The van der Waals surface area contributed by atoms with Crippen LogP contribution in [0.3, 0.4) is 0 Å². The average molecular weight is 326 g/mol. The summed E-state index contributed by atoms with van der Waals surface area (Å²) in [6.07, 6.45) is 6.94. The number of pyridine rings is 2. The summed E-state index contributed by atoms with van der Waals surface area (Å²) in [5.74, 6) is 1.28. The van der Waals surface area contributed by atoms with E-state index in [1.54, 1.807) is 17.3 Å². The Labute approximate surface area is 139 Å². The zero-order valence-electron chi connectivity index (χ0n) is 13.2. The molecule has 0 saturated carbocycles. The minimum Gasteiger partial charge on any atom is -0.488 e. The molecule has 0 spiro atoms. The number of likely N-dealkylation sites (tertiary alicyclic amines) is 1. The third-order valence-corrected chi connectivity index (χ3v) is 4.26. The molecule has 1 saturated heterocycles. The van der Waals surface area contributed by atoms with Crippen molar-refractivity contribution in [3.63, 3.8) is 0 Å². The van der Waals surface area contributed by atoms with Crippen molar-refractivity contribution in [2.45, 2.75) is 12.5 Å². The molecule has 4 heterocycles. The van der Waals surface area contributed by atoms with Crippen LogP contribution in [-0.2, 0) is 4.79 Å². The van der Waals surface area contributed by atoms with Gasteiger partial charge in [0.25, 0.3) is 0 Å². The summed E-state index contributed by atoms with van der Waals surface area (Å²) in [4.78, 5) is 23.2. The topological polar surface area (TPSA) is 67.8 Å². The number of amides is 1. The second-order valence-corrected chi connectivity index (χ2v) is 5.83. The van der Waals surface area contributed by atoms with E-state index in [-0.39, 0.29) is 6.10 Å². The minimum atomic E-state index is -0.0166. The van der Waals surface area contributed by atoms with Crippen LogP contribution < -0.4 is 14.4 Å². The number of rotatable bonds is 4. The van der Waals surface area contributed by atoms with Crippen molar-refractivity contribution in [3.05, 3.63) is 36.8 Å². The first-order valence-corrected chi connectivity index (χ1v) is 8.00. The van der Waals surface area contributed by atoms with Crippen molar-refractivity contribution in [1.29, 1.82) is 0 Å². The van der Waals surface area contributed by atoms with E-state index in [9.17, 15) is 4.79 Å². The van der Waals surface area contributed by atoms with E-state index < -0.39 is 0 Å². The lowest BCUT2D eigenvalue weighted by Crippen LogP contribution is -2.29. The quantitative estimate of drug-likeness (QED) is 0.795. The van der Waals surface area contributed by atoms with Gasteiger partial charge >= 0.3 is 0 Å². The predicted octanol–water partition coefficient (Wildman–Crippen LogP) is 1.62. The highest BCUT2D eigenvalue weighted by Gasteiger charge is 2.25. The van der Waals surface area contributed by atoms with Gasteiger partial charge in [-0.3, -0.25) is 9.78 Å². The van der Waals surface area contributed by atoms with Crippen LogP contribution in [-0.4, -0.2) is 53.6 Å². The highest BCUT2D eigenvalue weighted by atomic mass is 16.5. The van der Waals surface area contributed by atoms with Crippen LogP contribution >= 0.6 is 0 Å². The minimum absolute atomic E-state index is 0.0166. The maximum Gasteiger partial charge on any atom is 0.215 e. The molecule has 0 aliphatic carbocycles. The summed E-state index contributed by atoms with van der Waals surface area (Å²) in [6.45, 7) is 2.67. The van der Waals surface area contributed by atoms with E-state index in [1.807, 2.05) is 24.4 Å². The van der Waals surface area contributed by atoms with Gasteiger partial charge in [-0.15, -0.1) is 0 Å². The lowest BCUT2D eigenvalue weighted by atomic mass is 10.2. The van der Waals surface area contributed by atoms with Crippen LogP contribution in [0.15, 0.2) is 36.8 Å². The Kier molecular flexibility index (Phi) is 3.90. The third-order valence-electron chi connectivity index (χ3n) is 4.26. The molecule has 0 radical (unpaired) electrons. The van der Waals surface area contributed by atoms with Crippen LogP contribution in [0.5, 0.6) is 11.6 Å². The molecule has 2 aliphatic heterocycles. The molecule has 24 heavy (non-hydrogen) atoms. The maximum absolute atomic E-state index is 10.8. The largest absolute Gasteiger partial charge is 0.488 e. The van der Waals surface area contributed by atoms with Gasteiger partial charge in [0.1, 0.15) is 12.7 Å². The monoisotopic (exact) mass is 326 g/mol. The summed E-state index contributed by atoms with van der Waals surface area (Å²) in [5.41, 5.74) is 1.93. The van der Waals surface area contributed by atoms with Crippen molar-refractivity contribution in [2.75, 3.05) is 31.1 Å². The first-order valence-electron chi connectivity index (χ1n) is 8.00. The molecule has 124 valence electrons. The van der Waals surface area contributed by atoms with Crippen molar-refractivity contribution in [3.8, 4) is 11.6 Å². The van der Waals surface area contributed by atoms with E-state index in [2.05, 4.69) is 14.9 Å². The number of anilines is 2. The predicted molar refractivity (Wildman–Crippen MR) is 87.6 cm³/mol. The normalized spacial score (nSPS) is 19.6. The standard InChI is InChI=1S/C17H18N4O3/c22-12-20-5-3-14(11-20)24-17-8-15-16(10-19-17)23-7-6-21(15)13-2-1-4-18-9-13/h1-2,4,8-10,12,14H,3,5-7,11H2/t14-/m0/s1. The molecule has 7 nitrogen and oxygen atoms in total. The number of carbonyl (C=O) groups excluding carboxylic acids is 1. The zero-order chi connectivity index (χ0) is 16.4. The first kappa shape index (κ1) is 14.7. The molecule has 7 heteroatoms. The summed E-state index contributed by atoms with van der Waals surface area (Å²) < 4.78 is 11.6. The molecular weight excluding hydrogens is 308 g/mol. The Morgan fingerprint density at radius 3 is 3.08 bits per heavy atom. The summed E-state index contributed by atoms with van der Waals surface area (Å²) in [7, 11) is 0. The molecule has 2 aromatic heterocycles. The molecule has 4 rings (SSSR count). The Hall–Kier alpha value is -2.83. The number of ether oxygens (including phenoxy) is 2. The maximum atomic E-state index is 10.8. The lowest BCUT2D eigenvalue weighted by molar-refractivity contribution is -0.117. The van der Waals surface area contributed by atoms with Gasteiger partial charge in [0.2, 0.25) is 12.3 Å². The second-order valence-electron chi connectivity index (χ2n) is 5.83. The van der Waals surface area contributed by atoms with Gasteiger partial charge in [0.05, 0.1) is 36.9 Å². The SMILES string of the molecule is O=CN1CC[C@H](Oc2cc3c(cn2)OCCN3c2cccnc2)C1. The second kappa shape index (κ2) is 6.35. The Morgan fingerprint density at radius 1 is 1.33 bits per heavy atom. The number of carbonyl (C=O) groups is 1. The fourth-order valence-electron chi connectivity index (χ4n) is 3.07. The summed E-state index contributed by atoms with van der Waals surface area (Å²) >= 11 is 0. The van der Waals surface area contributed by atoms with Gasteiger partial charge in [-0.05, 0) is 12.1 Å². The molecular formula is C17H18N4O3. The molecule has 0 bridgehead atoms. The zero-order valence-corrected chi connectivity index (χ0v) is 13.2. The van der Waals surface area contributed by atoms with Crippen LogP contribution in [0.25, 0.3) is 0 Å². The number of aromatic nitrogens is 2. The van der Waals surface area contributed by atoms with Crippen LogP contribution in [0.1, 0.15) is 6.42 Å². The van der Waals surface area contributed by atoms with Crippen LogP contribution in [0.2, 0.25) is 0 Å². The Balaban J connectivity index is 1.58. The average Bonchev–Trinajstić information content (AvgIpc) is 3.09. The molecule has 1 fully saturated rings. The van der Waals surface area contributed by atoms with Gasteiger partial charge in [-0.1, -0.05) is 0 Å². The van der Waals surface area contributed by atoms with Gasteiger partial charge in [0, 0.05) is 25.2 Å². The molecule has 0 unspecified atom stereocenters. The summed E-state index contributed by atoms with van der Waals surface area (Å²) in [5, 5.41) is 0. The number of nitrogens with zero attached hydrogens (tertiary/aromatic N) is 4. The summed E-state index contributed by atoms with van der Waals surface area (Å²) in [6, 6.07) is 5.82.